The van der Waals surface area contributed by atoms with Gasteiger partial charge < -0.3 is 15.1 Å². The molecule has 7 heteroatoms. The molecule has 1 saturated heterocycles. The van der Waals surface area contributed by atoms with Gasteiger partial charge in [-0.25, -0.2) is 0 Å². The molecule has 1 aliphatic carbocycles. The van der Waals surface area contributed by atoms with Gasteiger partial charge in [0.05, 0.1) is 12.1 Å². The standard InChI is InChI=1S/C23H26F3N3O/c1-28-10-12-29(13-11-28)22(30)15-27-21-14-19(21)17-8-6-16(7-9-17)18-4-2-3-5-20(18)23(24,25)26/h2-9,19,21,27H,10-15H2,1H3/t19?,21-/m0/s1. The highest BCUT2D eigenvalue weighted by Gasteiger charge is 2.38. The Morgan fingerprint density at radius 2 is 1.70 bits per heavy atom. The molecular weight excluding hydrogens is 391 g/mol. The van der Waals surface area contributed by atoms with Gasteiger partial charge in [-0.3, -0.25) is 4.79 Å². The molecule has 4 rings (SSSR count). The van der Waals surface area contributed by atoms with Crippen LogP contribution in [-0.2, 0) is 11.0 Å². The summed E-state index contributed by atoms with van der Waals surface area (Å²) in [6.07, 6.45) is -3.44. The molecule has 1 saturated carbocycles. The lowest BCUT2D eigenvalue weighted by Crippen LogP contribution is -2.49. The highest BCUT2D eigenvalue weighted by Crippen LogP contribution is 2.42. The lowest BCUT2D eigenvalue weighted by molar-refractivity contribution is -0.137. The normalized spacial score (nSPS) is 22.2. The Hall–Kier alpha value is -2.38. The molecule has 2 atom stereocenters. The predicted octanol–water partition coefficient (Wildman–Crippen LogP) is 3.59. The van der Waals surface area contributed by atoms with Crippen LogP contribution in [0.15, 0.2) is 48.5 Å². The Morgan fingerprint density at radius 1 is 1.03 bits per heavy atom. The molecule has 30 heavy (non-hydrogen) atoms. The SMILES string of the molecule is CN1CCN(C(=O)CN[C@H]2CC2c2ccc(-c3ccccc3C(F)(F)F)cc2)CC1. The summed E-state index contributed by atoms with van der Waals surface area (Å²) in [5.74, 6) is 0.435. The lowest BCUT2D eigenvalue weighted by atomic mass is 9.97. The van der Waals surface area contributed by atoms with E-state index in [2.05, 4.69) is 17.3 Å². The molecule has 160 valence electrons. The summed E-state index contributed by atoms with van der Waals surface area (Å²) in [4.78, 5) is 16.5. The van der Waals surface area contributed by atoms with Gasteiger partial charge in [0.2, 0.25) is 5.91 Å². The second-order valence-electron chi connectivity index (χ2n) is 8.18. The molecule has 2 aromatic carbocycles. The zero-order valence-corrected chi connectivity index (χ0v) is 17.0. The quantitative estimate of drug-likeness (QED) is 0.808. The summed E-state index contributed by atoms with van der Waals surface area (Å²) in [6.45, 7) is 3.68. The van der Waals surface area contributed by atoms with Crippen LogP contribution in [0, 0.1) is 0 Å². The minimum absolute atomic E-state index is 0.132. The number of alkyl halides is 3. The van der Waals surface area contributed by atoms with Crippen LogP contribution in [0.25, 0.3) is 11.1 Å². The summed E-state index contributed by atoms with van der Waals surface area (Å²) in [5.41, 5.74) is 1.22. The molecule has 1 N–H and O–H groups in total. The summed E-state index contributed by atoms with van der Waals surface area (Å²) < 4.78 is 39.8. The van der Waals surface area contributed by atoms with Crippen LogP contribution in [0.2, 0.25) is 0 Å². The number of carbonyl (C=O) groups excluding carboxylic acids is 1. The first-order valence-electron chi connectivity index (χ1n) is 10.3. The molecule has 2 aromatic rings. The van der Waals surface area contributed by atoms with Crippen molar-refractivity contribution in [1.29, 1.82) is 0 Å². The van der Waals surface area contributed by atoms with E-state index in [1.54, 1.807) is 18.2 Å². The smallest absolute Gasteiger partial charge is 0.339 e. The van der Waals surface area contributed by atoms with E-state index in [1.807, 2.05) is 17.0 Å². The van der Waals surface area contributed by atoms with Crippen LogP contribution in [0.5, 0.6) is 0 Å². The number of hydrogen-bond donors (Lipinski definition) is 1. The molecule has 4 nitrogen and oxygen atoms in total. The van der Waals surface area contributed by atoms with Crippen LogP contribution in [0.3, 0.4) is 0 Å². The molecule has 0 radical (unpaired) electrons. The van der Waals surface area contributed by atoms with Crippen molar-refractivity contribution in [1.82, 2.24) is 15.1 Å². The average Bonchev–Trinajstić information content (AvgIpc) is 3.52. The number of hydrogen-bond acceptors (Lipinski definition) is 3. The van der Waals surface area contributed by atoms with Gasteiger partial charge in [0.15, 0.2) is 0 Å². The largest absolute Gasteiger partial charge is 0.417 e. The third-order valence-corrected chi connectivity index (χ3v) is 6.04. The van der Waals surface area contributed by atoms with Gasteiger partial charge in [-0.05, 0) is 36.2 Å². The lowest BCUT2D eigenvalue weighted by Gasteiger charge is -2.32. The molecule has 1 heterocycles. The van der Waals surface area contributed by atoms with Crippen LogP contribution in [0.1, 0.15) is 23.5 Å². The molecule has 0 spiro atoms. The maximum absolute atomic E-state index is 13.3. The second-order valence-corrected chi connectivity index (χ2v) is 8.18. The van der Waals surface area contributed by atoms with Gasteiger partial charge in [0.1, 0.15) is 0 Å². The summed E-state index contributed by atoms with van der Waals surface area (Å²) >= 11 is 0. The number of nitrogens with zero attached hydrogens (tertiary/aromatic N) is 2. The maximum atomic E-state index is 13.3. The first-order chi connectivity index (χ1) is 14.3. The number of nitrogens with one attached hydrogen (secondary N) is 1. The molecule has 0 aromatic heterocycles. The first kappa shape index (κ1) is 20.9. The number of rotatable bonds is 5. The highest BCUT2D eigenvalue weighted by molar-refractivity contribution is 5.78. The highest BCUT2D eigenvalue weighted by atomic mass is 19.4. The first-order valence-corrected chi connectivity index (χ1v) is 10.3. The Balaban J connectivity index is 1.34. The van der Waals surface area contributed by atoms with Crippen molar-refractivity contribution >= 4 is 5.91 Å². The number of likely N-dealkylation sites (N-methyl/N-ethyl adjacent to an activating group) is 1. The van der Waals surface area contributed by atoms with Crippen molar-refractivity contribution in [3.05, 3.63) is 59.7 Å². The predicted molar refractivity (Wildman–Crippen MR) is 110 cm³/mol. The number of benzene rings is 2. The summed E-state index contributed by atoms with van der Waals surface area (Å²) in [7, 11) is 2.06. The fraction of sp³-hybridized carbons (Fsp3) is 0.435. The van der Waals surface area contributed by atoms with Gasteiger partial charge >= 0.3 is 6.18 Å². The van der Waals surface area contributed by atoms with Gasteiger partial charge in [-0.1, -0.05) is 42.5 Å². The van der Waals surface area contributed by atoms with E-state index >= 15 is 0 Å². The topological polar surface area (TPSA) is 35.6 Å². The molecule has 0 bridgehead atoms. The molecule has 1 amide bonds. The van der Waals surface area contributed by atoms with Crippen molar-refractivity contribution < 1.29 is 18.0 Å². The van der Waals surface area contributed by atoms with Gasteiger partial charge in [0.25, 0.3) is 0 Å². The average molecular weight is 417 g/mol. The number of piperazine rings is 1. The van der Waals surface area contributed by atoms with Crippen molar-refractivity contribution in [3.8, 4) is 11.1 Å². The van der Waals surface area contributed by atoms with Crippen LogP contribution in [0.4, 0.5) is 13.2 Å². The van der Waals surface area contributed by atoms with E-state index < -0.39 is 11.7 Å². The summed E-state index contributed by atoms with van der Waals surface area (Å²) in [6, 6.07) is 13.2. The molecule has 1 unspecified atom stereocenters. The third-order valence-electron chi connectivity index (χ3n) is 6.04. The Morgan fingerprint density at radius 3 is 2.37 bits per heavy atom. The monoisotopic (exact) mass is 417 g/mol. The van der Waals surface area contributed by atoms with Crippen molar-refractivity contribution in [3.63, 3.8) is 0 Å². The van der Waals surface area contributed by atoms with Gasteiger partial charge in [-0.2, -0.15) is 13.2 Å². The van der Waals surface area contributed by atoms with Gasteiger partial charge in [0, 0.05) is 38.1 Å². The van der Waals surface area contributed by atoms with Crippen molar-refractivity contribution in [2.45, 2.75) is 24.6 Å². The van der Waals surface area contributed by atoms with E-state index in [4.69, 9.17) is 0 Å². The Bertz CT molecular complexity index is 889. The molecule has 2 aliphatic rings. The van der Waals surface area contributed by atoms with E-state index in [-0.39, 0.29) is 17.5 Å². The van der Waals surface area contributed by atoms with E-state index in [0.717, 1.165) is 44.2 Å². The third kappa shape index (κ3) is 4.68. The Kier molecular flexibility index (Phi) is 5.84. The van der Waals surface area contributed by atoms with Gasteiger partial charge in [-0.15, -0.1) is 0 Å². The van der Waals surface area contributed by atoms with Crippen molar-refractivity contribution in [2.75, 3.05) is 39.8 Å². The van der Waals surface area contributed by atoms with Crippen LogP contribution in [-0.4, -0.2) is 61.5 Å². The number of halogens is 3. The minimum atomic E-state index is -4.38. The summed E-state index contributed by atoms with van der Waals surface area (Å²) in [5, 5.41) is 3.34. The molecule has 2 fully saturated rings. The minimum Gasteiger partial charge on any atom is -0.339 e. The second kappa shape index (κ2) is 8.40. The fourth-order valence-electron chi connectivity index (χ4n) is 4.07. The van der Waals surface area contributed by atoms with E-state index in [0.29, 0.717) is 18.0 Å². The zero-order valence-electron chi connectivity index (χ0n) is 17.0. The van der Waals surface area contributed by atoms with E-state index in [1.165, 1.54) is 12.1 Å². The number of carbonyl (C=O) groups is 1. The zero-order chi connectivity index (χ0) is 21.3. The number of amides is 1. The molecular formula is C23H26F3N3O. The maximum Gasteiger partial charge on any atom is 0.417 e. The van der Waals surface area contributed by atoms with Crippen molar-refractivity contribution in [2.24, 2.45) is 0 Å². The van der Waals surface area contributed by atoms with E-state index in [9.17, 15) is 18.0 Å². The Labute approximate surface area is 174 Å². The van der Waals surface area contributed by atoms with Crippen LogP contribution >= 0.6 is 0 Å². The molecule has 1 aliphatic heterocycles. The van der Waals surface area contributed by atoms with Crippen LogP contribution < -0.4 is 5.32 Å². The fourth-order valence-corrected chi connectivity index (χ4v) is 4.07.